The first-order valence-corrected chi connectivity index (χ1v) is 13.0. The molecule has 0 spiro atoms. The second-order valence-electron chi connectivity index (χ2n) is 11.6. The lowest BCUT2D eigenvalue weighted by atomic mass is 9.88. The molecule has 0 unspecified atom stereocenters. The van der Waals surface area contributed by atoms with Gasteiger partial charge in [0.05, 0.1) is 12.8 Å². The Morgan fingerprint density at radius 3 is 2.54 bits per heavy atom. The Hall–Kier alpha value is -3.33. The van der Waals surface area contributed by atoms with Crippen LogP contribution in [0.5, 0.6) is 5.75 Å². The van der Waals surface area contributed by atoms with E-state index in [0.717, 1.165) is 54.9 Å². The molecule has 0 aliphatic carbocycles. The average Bonchev–Trinajstić information content (AvgIpc) is 3.50. The molecule has 0 saturated carbocycles. The molecule has 1 saturated heterocycles. The molecule has 196 valence electrons. The first-order chi connectivity index (χ1) is 17.6. The predicted octanol–water partition coefficient (Wildman–Crippen LogP) is 5.68. The molecule has 1 aliphatic rings. The topological polar surface area (TPSA) is 84.2 Å². The third-order valence-electron chi connectivity index (χ3n) is 7.07. The van der Waals surface area contributed by atoms with E-state index in [1.807, 2.05) is 18.5 Å². The maximum Gasteiger partial charge on any atom is 0.197 e. The van der Waals surface area contributed by atoms with Crippen LogP contribution in [0.2, 0.25) is 0 Å². The lowest BCUT2D eigenvalue weighted by molar-refractivity contribution is 0.154. The predicted molar refractivity (Wildman–Crippen MR) is 142 cm³/mol. The number of halogens is 1. The van der Waals surface area contributed by atoms with E-state index in [1.165, 1.54) is 6.33 Å². The third-order valence-corrected chi connectivity index (χ3v) is 7.07. The highest BCUT2D eigenvalue weighted by Crippen LogP contribution is 2.38. The maximum absolute atomic E-state index is 15.6. The number of piperidine rings is 1. The van der Waals surface area contributed by atoms with Crippen LogP contribution < -0.4 is 4.74 Å². The second-order valence-corrected chi connectivity index (χ2v) is 11.6. The zero-order valence-corrected chi connectivity index (χ0v) is 22.5. The average molecular weight is 506 g/mol. The molecule has 8 nitrogen and oxygen atoms in total. The number of fused-ring (bicyclic) bond motifs is 1. The fourth-order valence-corrected chi connectivity index (χ4v) is 5.44. The Labute approximate surface area is 217 Å². The summed E-state index contributed by atoms with van der Waals surface area (Å²) in [5.41, 5.74) is 5.21. The van der Waals surface area contributed by atoms with Gasteiger partial charge in [0.2, 0.25) is 0 Å². The number of hydrogen-bond donors (Lipinski definition) is 1. The number of aromatic amines is 1. The summed E-state index contributed by atoms with van der Waals surface area (Å²) in [5, 5.41) is 11.9. The van der Waals surface area contributed by atoms with Crippen molar-refractivity contribution in [3.05, 3.63) is 47.8 Å². The molecule has 0 aromatic carbocycles. The Kier molecular flexibility index (Phi) is 6.74. The number of hydrogen-bond acceptors (Lipinski definition) is 6. The van der Waals surface area contributed by atoms with Gasteiger partial charge in [0.1, 0.15) is 17.7 Å². The molecular weight excluding hydrogens is 469 g/mol. The van der Waals surface area contributed by atoms with Crippen LogP contribution in [0.1, 0.15) is 70.4 Å². The number of methoxy groups -OCH3 is 1. The number of ether oxygens (including phenoxy) is 1. The minimum atomic E-state index is -0.334. The van der Waals surface area contributed by atoms with Crippen LogP contribution >= 0.6 is 0 Å². The Balaban J connectivity index is 1.44. The smallest absolute Gasteiger partial charge is 0.197 e. The van der Waals surface area contributed by atoms with Crippen LogP contribution in [0, 0.1) is 11.2 Å². The highest BCUT2D eigenvalue weighted by Gasteiger charge is 2.27. The van der Waals surface area contributed by atoms with E-state index in [4.69, 9.17) is 4.74 Å². The first-order valence-electron chi connectivity index (χ1n) is 13.0. The van der Waals surface area contributed by atoms with E-state index < -0.39 is 0 Å². The highest BCUT2D eigenvalue weighted by atomic mass is 19.1. The van der Waals surface area contributed by atoms with Gasteiger partial charge in [0, 0.05) is 30.1 Å². The number of pyridine rings is 2. The van der Waals surface area contributed by atoms with Crippen molar-refractivity contribution in [2.24, 2.45) is 5.41 Å². The summed E-state index contributed by atoms with van der Waals surface area (Å²) in [6.45, 7) is 14.1. The molecule has 4 aromatic heterocycles. The summed E-state index contributed by atoms with van der Waals surface area (Å²) in [5.74, 6) is 0.671. The highest BCUT2D eigenvalue weighted by molar-refractivity contribution is 5.75. The van der Waals surface area contributed by atoms with Gasteiger partial charge in [-0.1, -0.05) is 34.6 Å². The van der Waals surface area contributed by atoms with Gasteiger partial charge in [-0.05, 0) is 60.9 Å². The zero-order chi connectivity index (χ0) is 26.3. The van der Waals surface area contributed by atoms with Crippen molar-refractivity contribution in [3.63, 3.8) is 0 Å². The number of rotatable bonds is 6. The van der Waals surface area contributed by atoms with E-state index >= 15 is 4.39 Å². The van der Waals surface area contributed by atoms with E-state index in [1.54, 1.807) is 17.7 Å². The number of nitrogens with zero attached hydrogens (tertiary/aromatic N) is 6. The van der Waals surface area contributed by atoms with Gasteiger partial charge in [-0.2, -0.15) is 10.2 Å². The van der Waals surface area contributed by atoms with Crippen molar-refractivity contribution < 1.29 is 9.13 Å². The van der Waals surface area contributed by atoms with Gasteiger partial charge in [0.25, 0.3) is 0 Å². The summed E-state index contributed by atoms with van der Waals surface area (Å²) in [6.07, 6.45) is 7.23. The summed E-state index contributed by atoms with van der Waals surface area (Å²) < 4.78 is 22.8. The molecule has 9 heteroatoms. The second kappa shape index (κ2) is 9.85. The molecule has 4 aromatic rings. The molecule has 5 rings (SSSR count). The van der Waals surface area contributed by atoms with E-state index in [0.29, 0.717) is 23.0 Å². The van der Waals surface area contributed by atoms with Gasteiger partial charge in [-0.25, -0.2) is 13.9 Å². The molecule has 1 aliphatic heterocycles. The van der Waals surface area contributed by atoms with Crippen molar-refractivity contribution >= 4 is 5.65 Å². The summed E-state index contributed by atoms with van der Waals surface area (Å²) >= 11 is 0. The molecule has 0 radical (unpaired) electrons. The standard InChI is InChI=1S/C28H36FN7O/c1-17(2)23-24(20-12-22(37-6)27-31-16-32-36(27)14-20)33-34-26(23)25-21(29)11-19(13-30-25)18-7-9-35(10-8-18)15-28(3,4)5/h11-14,16-18H,7-10,15H2,1-6H3,(H,33,34). The fraction of sp³-hybridized carbons (Fsp3) is 0.500. The minimum absolute atomic E-state index is 0.0780. The van der Waals surface area contributed by atoms with Crippen LogP contribution in [0.25, 0.3) is 28.3 Å². The van der Waals surface area contributed by atoms with Gasteiger partial charge in [-0.3, -0.25) is 10.1 Å². The normalized spacial score (nSPS) is 15.7. The van der Waals surface area contributed by atoms with Crippen molar-refractivity contribution in [1.29, 1.82) is 0 Å². The molecule has 37 heavy (non-hydrogen) atoms. The summed E-state index contributed by atoms with van der Waals surface area (Å²) in [4.78, 5) is 11.4. The van der Waals surface area contributed by atoms with Crippen LogP contribution in [-0.2, 0) is 0 Å². The molecular formula is C28H36FN7O. The number of H-pyrrole nitrogens is 1. The Bertz CT molecular complexity index is 1390. The number of aromatic nitrogens is 6. The van der Waals surface area contributed by atoms with Gasteiger partial charge in [0.15, 0.2) is 17.2 Å². The van der Waals surface area contributed by atoms with Crippen molar-refractivity contribution in [1.82, 2.24) is 34.7 Å². The third kappa shape index (κ3) is 5.09. The SMILES string of the molecule is COc1cc(-c2[nH]nc(-c3ncc(C4CCN(CC(C)(C)C)CC4)cc3F)c2C(C)C)cn2ncnc12. The van der Waals surface area contributed by atoms with Crippen LogP contribution in [0.15, 0.2) is 30.9 Å². The summed E-state index contributed by atoms with van der Waals surface area (Å²) in [6, 6.07) is 3.56. The number of likely N-dealkylation sites (tertiary alicyclic amines) is 1. The van der Waals surface area contributed by atoms with E-state index in [-0.39, 0.29) is 22.8 Å². The molecule has 0 atom stereocenters. The van der Waals surface area contributed by atoms with Gasteiger partial charge < -0.3 is 9.64 Å². The van der Waals surface area contributed by atoms with Crippen molar-refractivity contribution in [3.8, 4) is 28.4 Å². The van der Waals surface area contributed by atoms with Crippen molar-refractivity contribution in [2.45, 2.75) is 59.3 Å². The summed E-state index contributed by atoms with van der Waals surface area (Å²) in [7, 11) is 1.60. The lowest BCUT2D eigenvalue weighted by Gasteiger charge is -2.36. The van der Waals surface area contributed by atoms with E-state index in [9.17, 15) is 0 Å². The van der Waals surface area contributed by atoms with Crippen LogP contribution in [0.4, 0.5) is 4.39 Å². The minimum Gasteiger partial charge on any atom is -0.493 e. The van der Waals surface area contributed by atoms with Gasteiger partial charge in [-0.15, -0.1) is 0 Å². The fourth-order valence-electron chi connectivity index (χ4n) is 5.44. The van der Waals surface area contributed by atoms with Crippen molar-refractivity contribution in [2.75, 3.05) is 26.7 Å². The lowest BCUT2D eigenvalue weighted by Crippen LogP contribution is -2.38. The first kappa shape index (κ1) is 25.3. The molecule has 1 fully saturated rings. The monoisotopic (exact) mass is 505 g/mol. The van der Waals surface area contributed by atoms with Crippen LogP contribution in [-0.4, -0.2) is 61.4 Å². The quantitative estimate of drug-likeness (QED) is 0.363. The largest absolute Gasteiger partial charge is 0.493 e. The van der Waals surface area contributed by atoms with Gasteiger partial charge >= 0.3 is 0 Å². The number of nitrogens with one attached hydrogen (secondary N) is 1. The Morgan fingerprint density at radius 2 is 1.89 bits per heavy atom. The molecule has 5 heterocycles. The molecule has 0 amide bonds. The van der Waals surface area contributed by atoms with Crippen LogP contribution in [0.3, 0.4) is 0 Å². The Morgan fingerprint density at radius 1 is 1.14 bits per heavy atom. The molecule has 0 bridgehead atoms. The zero-order valence-electron chi connectivity index (χ0n) is 22.5. The van der Waals surface area contributed by atoms with E-state index in [2.05, 4.69) is 64.8 Å². The molecule has 1 N–H and O–H groups in total. The maximum atomic E-state index is 15.6.